The van der Waals surface area contributed by atoms with Crippen LogP contribution in [0.1, 0.15) is 13.8 Å². The highest BCUT2D eigenvalue weighted by Crippen LogP contribution is 2.30. The number of amides is 4. The number of rotatable bonds is 4. The summed E-state index contributed by atoms with van der Waals surface area (Å²) in [6.07, 6.45) is -0.901. The summed E-state index contributed by atoms with van der Waals surface area (Å²) in [5.41, 5.74) is 9.54. The smallest absolute Gasteiger partial charge is 0.312 e. The molecule has 2 rings (SSSR count). The molecule has 1 heterocycles. The Bertz CT molecular complexity index is 634. The van der Waals surface area contributed by atoms with E-state index < -0.39 is 30.0 Å². The molecule has 1 aromatic carbocycles. The van der Waals surface area contributed by atoms with E-state index in [0.29, 0.717) is 11.5 Å². The summed E-state index contributed by atoms with van der Waals surface area (Å²) in [6, 6.07) is 5.27. The average molecular weight is 336 g/mol. The molecule has 0 spiro atoms. The fourth-order valence-electron chi connectivity index (χ4n) is 2.12. The van der Waals surface area contributed by atoms with E-state index in [4.69, 9.17) is 15.2 Å². The van der Waals surface area contributed by atoms with E-state index in [1.54, 1.807) is 38.1 Å². The van der Waals surface area contributed by atoms with Crippen LogP contribution in [0.2, 0.25) is 0 Å². The predicted molar refractivity (Wildman–Crippen MR) is 84.0 cm³/mol. The number of para-hydroxylation sites is 2. The maximum absolute atomic E-state index is 12.1. The van der Waals surface area contributed by atoms with Gasteiger partial charge in [-0.2, -0.15) is 0 Å². The van der Waals surface area contributed by atoms with Crippen molar-refractivity contribution in [2.45, 2.75) is 26.0 Å². The minimum atomic E-state index is -0.901. The lowest BCUT2D eigenvalue weighted by molar-refractivity contribution is -0.135. The zero-order chi connectivity index (χ0) is 17.7. The topological polar surface area (TPSA) is 132 Å². The van der Waals surface area contributed by atoms with Crippen molar-refractivity contribution in [3.8, 4) is 11.5 Å². The van der Waals surface area contributed by atoms with Gasteiger partial charge in [0.2, 0.25) is 6.10 Å². The van der Waals surface area contributed by atoms with E-state index in [1.165, 1.54) is 0 Å². The lowest BCUT2D eigenvalue weighted by Gasteiger charge is -2.26. The zero-order valence-corrected chi connectivity index (χ0v) is 13.4. The van der Waals surface area contributed by atoms with Crippen LogP contribution in [-0.4, -0.2) is 36.6 Å². The molecule has 9 heteroatoms. The number of benzene rings is 1. The third-order valence-electron chi connectivity index (χ3n) is 3.36. The summed E-state index contributed by atoms with van der Waals surface area (Å²) in [4.78, 5) is 35.0. The molecule has 4 amide bonds. The van der Waals surface area contributed by atoms with Gasteiger partial charge in [-0.15, -0.1) is 0 Å². The predicted octanol–water partition coefficient (Wildman–Crippen LogP) is -0.333. The molecule has 0 radical (unpaired) electrons. The van der Waals surface area contributed by atoms with Crippen LogP contribution in [-0.2, 0) is 9.59 Å². The Hall–Kier alpha value is -2.97. The number of hydrogen-bond acceptors (Lipinski definition) is 5. The summed E-state index contributed by atoms with van der Waals surface area (Å²) in [5, 5.41) is 2.31. The highest BCUT2D eigenvalue weighted by molar-refractivity contribution is 5.89. The molecule has 1 aliphatic heterocycles. The Morgan fingerprint density at radius 1 is 1.17 bits per heavy atom. The van der Waals surface area contributed by atoms with Crippen molar-refractivity contribution in [2.24, 2.45) is 11.7 Å². The van der Waals surface area contributed by atoms with Crippen LogP contribution in [0, 0.1) is 5.92 Å². The molecule has 0 saturated carbocycles. The molecular weight excluding hydrogens is 316 g/mol. The van der Waals surface area contributed by atoms with E-state index in [1.807, 2.05) is 0 Å². The Morgan fingerprint density at radius 3 is 2.46 bits per heavy atom. The number of ether oxygens (including phenoxy) is 2. The molecular formula is C15H20N4O5. The Morgan fingerprint density at radius 2 is 1.83 bits per heavy atom. The van der Waals surface area contributed by atoms with Crippen molar-refractivity contribution >= 4 is 17.8 Å². The highest BCUT2D eigenvalue weighted by atomic mass is 16.6. The van der Waals surface area contributed by atoms with Crippen molar-refractivity contribution < 1.29 is 23.9 Å². The molecule has 9 nitrogen and oxygen atoms in total. The van der Waals surface area contributed by atoms with Crippen LogP contribution >= 0.6 is 0 Å². The van der Waals surface area contributed by atoms with E-state index in [0.717, 1.165) is 0 Å². The Balaban J connectivity index is 1.89. The van der Waals surface area contributed by atoms with Crippen molar-refractivity contribution in [1.29, 1.82) is 0 Å². The normalized spacial score (nSPS) is 16.9. The van der Waals surface area contributed by atoms with Crippen LogP contribution in [0.3, 0.4) is 0 Å². The first kappa shape index (κ1) is 17.4. The van der Waals surface area contributed by atoms with Crippen molar-refractivity contribution in [3.63, 3.8) is 0 Å². The first-order valence-electron chi connectivity index (χ1n) is 7.42. The second-order valence-electron chi connectivity index (χ2n) is 5.57. The zero-order valence-electron chi connectivity index (χ0n) is 13.4. The van der Waals surface area contributed by atoms with E-state index in [-0.39, 0.29) is 12.5 Å². The highest BCUT2D eigenvalue weighted by Gasteiger charge is 2.29. The number of urea groups is 1. The first-order valence-corrected chi connectivity index (χ1v) is 7.42. The van der Waals surface area contributed by atoms with Gasteiger partial charge in [-0.25, -0.2) is 4.79 Å². The second kappa shape index (κ2) is 7.53. The molecule has 5 N–H and O–H groups in total. The molecule has 130 valence electrons. The van der Waals surface area contributed by atoms with E-state index >= 15 is 0 Å². The molecule has 0 unspecified atom stereocenters. The summed E-state index contributed by atoms with van der Waals surface area (Å²) < 4.78 is 11.0. The van der Waals surface area contributed by atoms with Crippen molar-refractivity contribution in [1.82, 2.24) is 16.2 Å². The number of carbonyl (C=O) groups excluding carboxylic acids is 3. The van der Waals surface area contributed by atoms with Gasteiger partial charge in [-0.1, -0.05) is 26.0 Å². The summed E-state index contributed by atoms with van der Waals surface area (Å²) in [5.74, 6) is -0.369. The number of hydrazine groups is 1. The van der Waals surface area contributed by atoms with Crippen LogP contribution < -0.4 is 31.4 Å². The molecule has 24 heavy (non-hydrogen) atoms. The number of primary amides is 1. The molecule has 0 bridgehead atoms. The van der Waals surface area contributed by atoms with Crippen molar-refractivity contribution in [2.75, 3.05) is 6.61 Å². The van der Waals surface area contributed by atoms with Gasteiger partial charge in [0.15, 0.2) is 11.5 Å². The number of hydrogen-bond donors (Lipinski definition) is 4. The number of carbonyl (C=O) groups is 3. The molecule has 1 aromatic rings. The number of nitrogens with two attached hydrogens (primary N) is 1. The lowest BCUT2D eigenvalue weighted by Crippen LogP contribution is -2.57. The molecule has 0 fully saturated rings. The Kier molecular flexibility index (Phi) is 5.46. The standard InChI is InChI=1S/C15H20N4O5/c1-8(2)12(17-15(16)22)14(21)19-18-13(20)11-7-23-9-5-3-4-6-10(9)24-11/h3-6,8,11-12H,7H2,1-2H3,(H,18,20)(H,19,21)(H3,16,17,22)/t11-,12+/m0/s1. The van der Waals surface area contributed by atoms with Crippen LogP contribution in [0.4, 0.5) is 4.79 Å². The summed E-state index contributed by atoms with van der Waals surface area (Å²) >= 11 is 0. The second-order valence-corrected chi connectivity index (χ2v) is 5.57. The molecule has 0 aromatic heterocycles. The summed E-state index contributed by atoms with van der Waals surface area (Å²) in [6.45, 7) is 3.49. The van der Waals surface area contributed by atoms with Gasteiger partial charge in [0.05, 0.1) is 0 Å². The lowest BCUT2D eigenvalue weighted by atomic mass is 10.0. The average Bonchev–Trinajstić information content (AvgIpc) is 2.56. The monoisotopic (exact) mass is 336 g/mol. The van der Waals surface area contributed by atoms with Gasteiger partial charge in [-0.05, 0) is 18.1 Å². The van der Waals surface area contributed by atoms with Gasteiger partial charge in [0.25, 0.3) is 11.8 Å². The van der Waals surface area contributed by atoms with Crippen LogP contribution in [0.5, 0.6) is 11.5 Å². The quantitative estimate of drug-likeness (QED) is 0.559. The van der Waals surface area contributed by atoms with Crippen LogP contribution in [0.25, 0.3) is 0 Å². The van der Waals surface area contributed by atoms with E-state index in [9.17, 15) is 14.4 Å². The van der Waals surface area contributed by atoms with Gasteiger partial charge in [0.1, 0.15) is 12.6 Å². The minimum absolute atomic E-state index is 0.0197. The number of fused-ring (bicyclic) bond motifs is 1. The van der Waals surface area contributed by atoms with Gasteiger partial charge in [0, 0.05) is 0 Å². The minimum Gasteiger partial charge on any atom is -0.485 e. The molecule has 0 saturated heterocycles. The van der Waals surface area contributed by atoms with Gasteiger partial charge in [-0.3, -0.25) is 20.4 Å². The van der Waals surface area contributed by atoms with Gasteiger partial charge >= 0.3 is 6.03 Å². The maximum atomic E-state index is 12.1. The SMILES string of the molecule is CC(C)[C@@H](NC(N)=O)C(=O)NNC(=O)[C@@H]1COc2ccccc2O1. The van der Waals surface area contributed by atoms with Gasteiger partial charge < -0.3 is 20.5 Å². The summed E-state index contributed by atoms with van der Waals surface area (Å²) in [7, 11) is 0. The van der Waals surface area contributed by atoms with Crippen LogP contribution in [0.15, 0.2) is 24.3 Å². The maximum Gasteiger partial charge on any atom is 0.312 e. The largest absolute Gasteiger partial charge is 0.485 e. The third kappa shape index (κ3) is 4.28. The van der Waals surface area contributed by atoms with E-state index in [2.05, 4.69) is 16.2 Å². The molecule has 2 atom stereocenters. The fourth-order valence-corrected chi connectivity index (χ4v) is 2.12. The Labute approximate surface area is 138 Å². The fraction of sp³-hybridized carbons (Fsp3) is 0.400. The third-order valence-corrected chi connectivity index (χ3v) is 3.36. The molecule has 1 aliphatic rings. The first-order chi connectivity index (χ1) is 11.4. The number of nitrogens with one attached hydrogen (secondary N) is 3. The van der Waals surface area contributed by atoms with Crippen molar-refractivity contribution in [3.05, 3.63) is 24.3 Å². The molecule has 0 aliphatic carbocycles.